The van der Waals surface area contributed by atoms with Crippen molar-refractivity contribution >= 4 is 81.3 Å². The first-order valence-electron chi connectivity index (χ1n) is 17.4. The zero-order valence-corrected chi connectivity index (χ0v) is 28.9. The lowest BCUT2D eigenvalue weighted by atomic mass is 9.82. The van der Waals surface area contributed by atoms with Gasteiger partial charge < -0.3 is 4.90 Å². The molecule has 50 heavy (non-hydrogen) atoms. The van der Waals surface area contributed by atoms with Crippen LogP contribution in [0.15, 0.2) is 145 Å². The molecule has 0 saturated heterocycles. The normalized spacial score (nSPS) is 17.7. The van der Waals surface area contributed by atoms with E-state index in [1.165, 1.54) is 75.0 Å². The molecule has 3 nitrogen and oxygen atoms in total. The molecule has 0 N–H and O–H groups in total. The summed E-state index contributed by atoms with van der Waals surface area (Å²) in [7, 11) is 2.23. The molecule has 0 amide bonds. The van der Waals surface area contributed by atoms with Crippen molar-refractivity contribution in [2.45, 2.75) is 25.3 Å². The Kier molecular flexibility index (Phi) is 5.59. The van der Waals surface area contributed by atoms with E-state index in [1.54, 1.807) is 0 Å². The van der Waals surface area contributed by atoms with Crippen molar-refractivity contribution < 1.29 is 0 Å². The lowest BCUT2D eigenvalue weighted by Gasteiger charge is -2.37. The first-order valence-corrected chi connectivity index (χ1v) is 18.2. The van der Waals surface area contributed by atoms with Crippen molar-refractivity contribution in [3.63, 3.8) is 0 Å². The van der Waals surface area contributed by atoms with Gasteiger partial charge in [-0.25, -0.2) is 4.99 Å². The highest BCUT2D eigenvalue weighted by Crippen LogP contribution is 2.53. The first-order chi connectivity index (χ1) is 24.5. The predicted molar refractivity (Wildman–Crippen MR) is 214 cm³/mol. The second-order valence-electron chi connectivity index (χ2n) is 14.4. The summed E-state index contributed by atoms with van der Waals surface area (Å²) in [6.07, 6.45) is 8.69. The molecule has 0 radical (unpaired) electrons. The largest absolute Gasteiger partial charge is 0.347 e. The summed E-state index contributed by atoms with van der Waals surface area (Å²) in [4.78, 5) is 7.96. The second kappa shape index (κ2) is 9.93. The topological polar surface area (TPSA) is 20.5 Å². The number of fused-ring (bicyclic) bond motifs is 13. The maximum Gasteiger partial charge on any atom is 0.141 e. The van der Waals surface area contributed by atoms with Crippen molar-refractivity contribution in [1.82, 2.24) is 9.47 Å². The van der Waals surface area contributed by atoms with Crippen molar-refractivity contribution in [2.24, 2.45) is 4.99 Å². The van der Waals surface area contributed by atoms with E-state index >= 15 is 0 Å². The van der Waals surface area contributed by atoms with Crippen LogP contribution in [-0.2, 0) is 5.41 Å². The molecule has 1 atom stereocenters. The number of likely N-dealkylation sites (N-methyl/N-ethyl adjacent to an activating group) is 1. The van der Waals surface area contributed by atoms with Crippen molar-refractivity contribution in [1.29, 1.82) is 0 Å². The fourth-order valence-electron chi connectivity index (χ4n) is 9.05. The van der Waals surface area contributed by atoms with Gasteiger partial charge >= 0.3 is 0 Å². The SMILES string of the molecule is CN1C(n2c3ccccc3c3ccc4c5c(ccc4c32)C(C)(C)c2ccccc2-5)=C(c2ccc3c(c2)sc2ccccc23)N=C2C=CC=CC21. The Hall–Kier alpha value is -5.71. The standard InChI is InChI=1S/C46H33N3S/c1-46(2)35-15-7-4-14-34(35)42-31-22-23-32-28-12-5-9-17-38(28)49(44(32)33(31)24-25-36(42)46)45-43(47-37-16-8-10-18-39(37)48(45)3)27-20-21-30-29-13-6-11-19-40(29)50-41(30)26-27/h4-26,39H,1-3H3. The third kappa shape index (κ3) is 3.61. The summed E-state index contributed by atoms with van der Waals surface area (Å²) in [6, 6.07) is 43.0. The molecule has 2 aliphatic carbocycles. The Morgan fingerprint density at radius 1 is 0.660 bits per heavy atom. The average molecular weight is 660 g/mol. The summed E-state index contributed by atoms with van der Waals surface area (Å²) >= 11 is 1.86. The molecule has 6 aromatic carbocycles. The maximum atomic E-state index is 5.52. The van der Waals surface area contributed by atoms with Crippen LogP contribution in [0.2, 0.25) is 0 Å². The Balaban J connectivity index is 1.28. The molecule has 3 heterocycles. The predicted octanol–water partition coefficient (Wildman–Crippen LogP) is 11.8. The summed E-state index contributed by atoms with van der Waals surface area (Å²) in [5, 5.41) is 7.68. The number of aromatic nitrogens is 1. The smallest absolute Gasteiger partial charge is 0.141 e. The summed E-state index contributed by atoms with van der Waals surface area (Å²) in [5.41, 5.74) is 11.0. The van der Waals surface area contributed by atoms with Crippen LogP contribution in [0, 0.1) is 0 Å². The van der Waals surface area contributed by atoms with Crippen LogP contribution in [0.1, 0.15) is 30.5 Å². The third-order valence-electron chi connectivity index (χ3n) is 11.4. The van der Waals surface area contributed by atoms with Gasteiger partial charge in [-0.3, -0.25) is 4.57 Å². The van der Waals surface area contributed by atoms with Crippen molar-refractivity contribution in [3.8, 4) is 11.1 Å². The van der Waals surface area contributed by atoms with Gasteiger partial charge in [0.25, 0.3) is 0 Å². The molecular formula is C46H33N3S. The van der Waals surface area contributed by atoms with Gasteiger partial charge in [0.15, 0.2) is 0 Å². The molecule has 0 spiro atoms. The van der Waals surface area contributed by atoms with Crippen LogP contribution >= 0.6 is 11.3 Å². The number of allylic oxidation sites excluding steroid dienone is 2. The summed E-state index contributed by atoms with van der Waals surface area (Å²) in [6.45, 7) is 4.73. The fraction of sp³-hybridized carbons (Fsp3) is 0.109. The molecule has 0 fully saturated rings. The van der Waals surface area contributed by atoms with Crippen LogP contribution in [-0.4, -0.2) is 28.3 Å². The second-order valence-corrected chi connectivity index (χ2v) is 15.5. The molecule has 0 bridgehead atoms. The number of benzene rings is 6. The van der Waals surface area contributed by atoms with Gasteiger partial charge in [0, 0.05) is 54.4 Å². The Bertz CT molecular complexity index is 2930. The summed E-state index contributed by atoms with van der Waals surface area (Å²) in [5.74, 6) is 1.10. The molecule has 2 aromatic heterocycles. The Morgan fingerprint density at radius 3 is 2.30 bits per heavy atom. The van der Waals surface area contributed by atoms with Crippen LogP contribution < -0.4 is 0 Å². The number of rotatable bonds is 2. The lowest BCUT2D eigenvalue weighted by molar-refractivity contribution is 0.457. The first kappa shape index (κ1) is 28.2. The molecule has 1 unspecified atom stereocenters. The van der Waals surface area contributed by atoms with Gasteiger partial charge in [0.2, 0.25) is 0 Å². The zero-order valence-electron chi connectivity index (χ0n) is 28.1. The van der Waals surface area contributed by atoms with Gasteiger partial charge in [-0.05, 0) is 51.9 Å². The summed E-state index contributed by atoms with van der Waals surface area (Å²) < 4.78 is 5.11. The minimum Gasteiger partial charge on any atom is -0.347 e. The highest BCUT2D eigenvalue weighted by atomic mass is 32.1. The van der Waals surface area contributed by atoms with E-state index in [0.717, 1.165) is 22.8 Å². The van der Waals surface area contributed by atoms with Gasteiger partial charge in [-0.1, -0.05) is 129 Å². The van der Waals surface area contributed by atoms with Crippen LogP contribution in [0.4, 0.5) is 0 Å². The van der Waals surface area contributed by atoms with Gasteiger partial charge in [-0.2, -0.15) is 0 Å². The fourth-order valence-corrected chi connectivity index (χ4v) is 10.2. The number of para-hydroxylation sites is 1. The number of hydrogen-bond donors (Lipinski definition) is 0. The van der Waals surface area contributed by atoms with Crippen LogP contribution in [0.25, 0.3) is 75.4 Å². The number of nitrogens with zero attached hydrogens (tertiary/aromatic N) is 3. The molecule has 8 aromatic rings. The van der Waals surface area contributed by atoms with E-state index in [-0.39, 0.29) is 11.5 Å². The average Bonchev–Trinajstić information content (AvgIpc) is 3.77. The zero-order chi connectivity index (χ0) is 33.3. The van der Waals surface area contributed by atoms with E-state index in [1.807, 2.05) is 11.3 Å². The molecule has 238 valence electrons. The highest BCUT2D eigenvalue weighted by molar-refractivity contribution is 7.25. The van der Waals surface area contributed by atoms with Gasteiger partial charge in [0.1, 0.15) is 11.5 Å². The quantitative estimate of drug-likeness (QED) is 0.181. The van der Waals surface area contributed by atoms with Gasteiger partial charge in [0.05, 0.1) is 22.8 Å². The van der Waals surface area contributed by atoms with Crippen LogP contribution in [0.5, 0.6) is 0 Å². The highest BCUT2D eigenvalue weighted by Gasteiger charge is 2.37. The minimum absolute atomic E-state index is 0.0370. The monoisotopic (exact) mass is 659 g/mol. The molecule has 11 rings (SSSR count). The van der Waals surface area contributed by atoms with E-state index in [2.05, 4.69) is 170 Å². The lowest BCUT2D eigenvalue weighted by Crippen LogP contribution is -2.40. The molecule has 4 heteroatoms. The number of aliphatic imine (C=N–C) groups is 1. The number of hydrogen-bond acceptors (Lipinski definition) is 3. The third-order valence-corrected chi connectivity index (χ3v) is 12.6. The molecule has 0 saturated carbocycles. The van der Waals surface area contributed by atoms with E-state index < -0.39 is 0 Å². The maximum absolute atomic E-state index is 5.52. The molecular weight excluding hydrogens is 627 g/mol. The van der Waals surface area contributed by atoms with E-state index in [9.17, 15) is 0 Å². The van der Waals surface area contributed by atoms with E-state index in [0.29, 0.717) is 0 Å². The van der Waals surface area contributed by atoms with Crippen molar-refractivity contribution in [2.75, 3.05) is 7.05 Å². The van der Waals surface area contributed by atoms with Gasteiger partial charge in [-0.15, -0.1) is 11.3 Å². The van der Waals surface area contributed by atoms with Crippen LogP contribution in [0.3, 0.4) is 0 Å². The molecule has 1 aliphatic heterocycles. The molecule has 3 aliphatic rings. The van der Waals surface area contributed by atoms with Crippen molar-refractivity contribution in [3.05, 3.63) is 156 Å². The minimum atomic E-state index is -0.0573. The Labute approximate surface area is 294 Å². The Morgan fingerprint density at radius 2 is 1.38 bits per heavy atom. The number of thiophene rings is 1. The van der Waals surface area contributed by atoms with E-state index in [4.69, 9.17) is 4.99 Å².